The summed E-state index contributed by atoms with van der Waals surface area (Å²) in [5.41, 5.74) is 1.26. The van der Waals surface area contributed by atoms with Crippen molar-refractivity contribution in [3.8, 4) is 0 Å². The third kappa shape index (κ3) is 4.09. The van der Waals surface area contributed by atoms with Gasteiger partial charge < -0.3 is 5.32 Å². The first-order chi connectivity index (χ1) is 9.77. The van der Waals surface area contributed by atoms with Gasteiger partial charge in [-0.25, -0.2) is 0 Å². The molecule has 1 fully saturated rings. The number of rotatable bonds is 6. The summed E-state index contributed by atoms with van der Waals surface area (Å²) >= 11 is 10.7. The summed E-state index contributed by atoms with van der Waals surface area (Å²) in [7, 11) is 0. The van der Waals surface area contributed by atoms with Crippen LogP contribution < -0.4 is 5.32 Å². The second-order valence-electron chi connectivity index (χ2n) is 5.11. The summed E-state index contributed by atoms with van der Waals surface area (Å²) in [4.78, 5) is 0. The van der Waals surface area contributed by atoms with E-state index in [1.165, 1.54) is 23.5 Å². The first-order valence-electron chi connectivity index (χ1n) is 7.49. The Labute approximate surface area is 136 Å². The molecule has 1 nitrogen and oxygen atoms in total. The number of hydrogen-bond donors (Lipinski definition) is 1. The predicted octanol–water partition coefficient (Wildman–Crippen LogP) is 5.01. The molecule has 0 saturated carbocycles. The molecule has 2 rings (SSSR count). The molecule has 4 heteroatoms. The van der Waals surface area contributed by atoms with Crippen LogP contribution in [0.25, 0.3) is 0 Å². The topological polar surface area (TPSA) is 12.0 Å². The van der Waals surface area contributed by atoms with Gasteiger partial charge in [0.1, 0.15) is 0 Å². The molecule has 1 heterocycles. The van der Waals surface area contributed by atoms with Crippen LogP contribution >= 0.6 is 35.1 Å². The average Bonchev–Trinajstić information content (AvgIpc) is 2.49. The quantitative estimate of drug-likeness (QED) is 0.788. The molecular formula is C16H24ClNS2. The molecule has 20 heavy (non-hydrogen) atoms. The molecule has 0 aromatic heterocycles. The first-order valence-corrected chi connectivity index (χ1v) is 9.96. The number of thioether (sulfide) groups is 2. The third-order valence-corrected chi connectivity index (χ3v) is 7.37. The van der Waals surface area contributed by atoms with Gasteiger partial charge >= 0.3 is 0 Å². The van der Waals surface area contributed by atoms with Gasteiger partial charge in [-0.15, -0.1) is 0 Å². The molecule has 1 saturated heterocycles. The van der Waals surface area contributed by atoms with E-state index in [1.807, 2.05) is 12.1 Å². The van der Waals surface area contributed by atoms with E-state index in [0.29, 0.717) is 11.3 Å². The van der Waals surface area contributed by atoms with E-state index in [9.17, 15) is 0 Å². The van der Waals surface area contributed by atoms with Crippen molar-refractivity contribution in [2.75, 3.05) is 18.1 Å². The highest BCUT2D eigenvalue weighted by atomic mass is 35.5. The molecule has 1 aliphatic heterocycles. The van der Waals surface area contributed by atoms with Gasteiger partial charge in [-0.05, 0) is 31.0 Å². The maximum Gasteiger partial charge on any atom is 0.0466 e. The Morgan fingerprint density at radius 2 is 2.00 bits per heavy atom. The molecule has 0 bridgehead atoms. The van der Waals surface area contributed by atoms with Crippen LogP contribution in [0.15, 0.2) is 24.3 Å². The Hall–Kier alpha value is 0.170. The second kappa shape index (κ2) is 8.57. The van der Waals surface area contributed by atoms with Crippen molar-refractivity contribution in [3.63, 3.8) is 0 Å². The highest BCUT2D eigenvalue weighted by Gasteiger charge is 2.33. The van der Waals surface area contributed by atoms with E-state index in [2.05, 4.69) is 54.8 Å². The monoisotopic (exact) mass is 329 g/mol. The standard InChI is InChI=1S/C16H24ClNS2/c1-3-9-18-15(12-7-5-6-8-13(12)17)16-14(4-2)19-10-11-20-16/h5-8,14-16,18H,3-4,9-11H2,1-2H3. The fraction of sp³-hybridized carbons (Fsp3) is 0.625. The van der Waals surface area contributed by atoms with Crippen LogP contribution in [0.5, 0.6) is 0 Å². The Morgan fingerprint density at radius 3 is 2.70 bits per heavy atom. The molecule has 1 N–H and O–H groups in total. The van der Waals surface area contributed by atoms with Crippen LogP contribution in [-0.4, -0.2) is 28.6 Å². The smallest absolute Gasteiger partial charge is 0.0466 e. The first kappa shape index (κ1) is 16.5. The van der Waals surface area contributed by atoms with Gasteiger partial charge in [-0.2, -0.15) is 23.5 Å². The van der Waals surface area contributed by atoms with E-state index in [-0.39, 0.29) is 0 Å². The molecule has 1 aliphatic rings. The molecule has 0 aliphatic carbocycles. The van der Waals surface area contributed by atoms with Crippen LogP contribution in [0.1, 0.15) is 38.3 Å². The van der Waals surface area contributed by atoms with Crippen molar-refractivity contribution in [1.29, 1.82) is 0 Å². The summed E-state index contributed by atoms with van der Waals surface area (Å²) < 4.78 is 0. The number of nitrogens with one attached hydrogen (secondary N) is 1. The zero-order chi connectivity index (χ0) is 14.4. The summed E-state index contributed by atoms with van der Waals surface area (Å²) in [6.07, 6.45) is 2.39. The van der Waals surface area contributed by atoms with Gasteiger partial charge in [0.25, 0.3) is 0 Å². The van der Waals surface area contributed by atoms with Gasteiger partial charge in [0.05, 0.1) is 0 Å². The van der Waals surface area contributed by atoms with Gasteiger partial charge in [0, 0.05) is 33.1 Å². The zero-order valence-electron chi connectivity index (χ0n) is 12.3. The van der Waals surface area contributed by atoms with Gasteiger partial charge in [-0.1, -0.05) is 43.6 Å². The molecule has 1 aromatic carbocycles. The molecule has 0 spiro atoms. The van der Waals surface area contributed by atoms with Crippen molar-refractivity contribution in [2.45, 2.75) is 43.2 Å². The Balaban J connectivity index is 2.24. The second-order valence-corrected chi connectivity index (χ2v) is 8.15. The van der Waals surface area contributed by atoms with E-state index in [1.54, 1.807) is 0 Å². The Morgan fingerprint density at radius 1 is 1.25 bits per heavy atom. The van der Waals surface area contributed by atoms with Gasteiger partial charge in [0.15, 0.2) is 0 Å². The largest absolute Gasteiger partial charge is 0.309 e. The lowest BCUT2D eigenvalue weighted by atomic mass is 10.00. The lowest BCUT2D eigenvalue weighted by Gasteiger charge is -2.37. The van der Waals surface area contributed by atoms with Crippen molar-refractivity contribution >= 4 is 35.1 Å². The fourth-order valence-corrected chi connectivity index (χ4v) is 6.17. The molecule has 0 amide bonds. The summed E-state index contributed by atoms with van der Waals surface area (Å²) in [6.45, 7) is 5.57. The van der Waals surface area contributed by atoms with Crippen molar-refractivity contribution in [2.24, 2.45) is 0 Å². The summed E-state index contributed by atoms with van der Waals surface area (Å²) in [6, 6.07) is 8.68. The highest BCUT2D eigenvalue weighted by Crippen LogP contribution is 2.41. The number of hydrogen-bond acceptors (Lipinski definition) is 3. The molecule has 3 atom stereocenters. The summed E-state index contributed by atoms with van der Waals surface area (Å²) in [5.74, 6) is 2.53. The van der Waals surface area contributed by atoms with E-state index in [0.717, 1.165) is 23.2 Å². The van der Waals surface area contributed by atoms with E-state index in [4.69, 9.17) is 11.6 Å². The minimum absolute atomic E-state index is 0.367. The molecule has 0 radical (unpaired) electrons. The number of benzene rings is 1. The summed E-state index contributed by atoms with van der Waals surface area (Å²) in [5, 5.41) is 5.98. The predicted molar refractivity (Wildman–Crippen MR) is 95.3 cm³/mol. The molecule has 3 unspecified atom stereocenters. The van der Waals surface area contributed by atoms with Crippen LogP contribution in [0.3, 0.4) is 0 Å². The maximum absolute atomic E-state index is 6.45. The van der Waals surface area contributed by atoms with E-state index >= 15 is 0 Å². The minimum atomic E-state index is 0.367. The molecule has 112 valence electrons. The SMILES string of the molecule is CCCNC(c1ccccc1Cl)C1SCCSC1CC. The normalized spacial score (nSPS) is 24.6. The highest BCUT2D eigenvalue weighted by molar-refractivity contribution is 8.07. The lowest BCUT2D eigenvalue weighted by Crippen LogP contribution is -2.39. The van der Waals surface area contributed by atoms with Crippen LogP contribution in [0.4, 0.5) is 0 Å². The average molecular weight is 330 g/mol. The minimum Gasteiger partial charge on any atom is -0.309 e. The molecule has 1 aromatic rings. The lowest BCUT2D eigenvalue weighted by molar-refractivity contribution is 0.498. The third-order valence-electron chi connectivity index (χ3n) is 3.68. The van der Waals surface area contributed by atoms with Crippen LogP contribution in [-0.2, 0) is 0 Å². The van der Waals surface area contributed by atoms with Gasteiger partial charge in [0.2, 0.25) is 0 Å². The Kier molecular flexibility index (Phi) is 7.09. The van der Waals surface area contributed by atoms with Crippen molar-refractivity contribution < 1.29 is 0 Å². The van der Waals surface area contributed by atoms with Crippen LogP contribution in [0, 0.1) is 0 Å². The Bertz CT molecular complexity index is 413. The molecular weight excluding hydrogens is 306 g/mol. The van der Waals surface area contributed by atoms with Gasteiger partial charge in [-0.3, -0.25) is 0 Å². The van der Waals surface area contributed by atoms with E-state index < -0.39 is 0 Å². The van der Waals surface area contributed by atoms with Crippen molar-refractivity contribution in [1.82, 2.24) is 5.32 Å². The van der Waals surface area contributed by atoms with Crippen molar-refractivity contribution in [3.05, 3.63) is 34.9 Å². The van der Waals surface area contributed by atoms with Crippen LogP contribution in [0.2, 0.25) is 5.02 Å². The number of halogens is 1. The maximum atomic E-state index is 6.45. The fourth-order valence-electron chi connectivity index (χ4n) is 2.68. The zero-order valence-corrected chi connectivity index (χ0v) is 14.7.